The van der Waals surface area contributed by atoms with Gasteiger partial charge in [0.15, 0.2) is 6.10 Å². The van der Waals surface area contributed by atoms with E-state index in [0.717, 1.165) is 141 Å². The van der Waals surface area contributed by atoms with Crippen LogP contribution in [0.4, 0.5) is 0 Å². The predicted octanol–water partition coefficient (Wildman–Crippen LogP) is 23.7. The normalized spacial score (nSPS) is 13.1. The molecule has 0 heterocycles. The number of unbranched alkanes of at least 4 members (excludes halogenated alkanes) is 23. The van der Waals surface area contributed by atoms with Crippen LogP contribution >= 0.6 is 0 Å². The summed E-state index contributed by atoms with van der Waals surface area (Å²) in [4.78, 5) is 38.5. The Morgan fingerprint density at radius 2 is 0.470 bits per heavy atom. The zero-order chi connectivity index (χ0) is 59.9. The molecule has 83 heavy (non-hydrogen) atoms. The summed E-state index contributed by atoms with van der Waals surface area (Å²) in [6.45, 7) is 6.35. The van der Waals surface area contributed by atoms with Gasteiger partial charge in [-0.2, -0.15) is 0 Å². The summed E-state index contributed by atoms with van der Waals surface area (Å²) in [5, 5.41) is 0. The van der Waals surface area contributed by atoms with Gasteiger partial charge in [0.25, 0.3) is 0 Å². The molecule has 1 unspecified atom stereocenters. The summed E-state index contributed by atoms with van der Waals surface area (Å²) in [6.07, 6.45) is 101. The molecule has 0 aliphatic heterocycles. The van der Waals surface area contributed by atoms with Gasteiger partial charge in [-0.05, 0) is 148 Å². The van der Waals surface area contributed by atoms with Crippen LogP contribution in [0.25, 0.3) is 0 Å². The second-order valence-electron chi connectivity index (χ2n) is 22.0. The van der Waals surface area contributed by atoms with Crippen molar-refractivity contribution in [3.8, 4) is 0 Å². The lowest BCUT2D eigenvalue weighted by Crippen LogP contribution is -2.30. The lowest BCUT2D eigenvalue weighted by atomic mass is 10.0. The summed E-state index contributed by atoms with van der Waals surface area (Å²) >= 11 is 0. The van der Waals surface area contributed by atoms with Crippen LogP contribution in [0.5, 0.6) is 0 Å². The van der Waals surface area contributed by atoms with Crippen LogP contribution in [0.2, 0.25) is 0 Å². The van der Waals surface area contributed by atoms with Crippen LogP contribution < -0.4 is 0 Å². The second kappa shape index (κ2) is 69.5. The van der Waals surface area contributed by atoms with E-state index in [1.54, 1.807) is 0 Å². The van der Waals surface area contributed by atoms with Gasteiger partial charge in [-0.15, -0.1) is 0 Å². The molecule has 0 aliphatic rings. The van der Waals surface area contributed by atoms with Gasteiger partial charge in [-0.1, -0.05) is 281 Å². The van der Waals surface area contributed by atoms with Crippen LogP contribution in [-0.4, -0.2) is 37.2 Å². The molecule has 0 amide bonds. The number of allylic oxidation sites excluding steroid dienone is 26. The number of carbonyl (C=O) groups is 3. The lowest BCUT2D eigenvalue weighted by molar-refractivity contribution is -0.167. The second-order valence-corrected chi connectivity index (χ2v) is 22.0. The number of hydrogen-bond donors (Lipinski definition) is 0. The van der Waals surface area contributed by atoms with Gasteiger partial charge in [0.1, 0.15) is 13.2 Å². The Morgan fingerprint density at radius 3 is 0.759 bits per heavy atom. The fourth-order valence-electron chi connectivity index (χ4n) is 8.97. The van der Waals surface area contributed by atoms with E-state index in [2.05, 4.69) is 179 Å². The maximum absolute atomic E-state index is 12.9. The van der Waals surface area contributed by atoms with Gasteiger partial charge < -0.3 is 14.2 Å². The first kappa shape index (κ1) is 78.0. The molecule has 0 aromatic carbocycles. The molecular weight excluding hydrogens is 1020 g/mol. The Balaban J connectivity index is 4.49. The average Bonchev–Trinajstić information content (AvgIpc) is 3.50. The van der Waals surface area contributed by atoms with Crippen LogP contribution in [0.1, 0.15) is 290 Å². The van der Waals surface area contributed by atoms with E-state index in [9.17, 15) is 14.4 Å². The van der Waals surface area contributed by atoms with Crippen molar-refractivity contribution >= 4 is 17.9 Å². The van der Waals surface area contributed by atoms with E-state index >= 15 is 0 Å². The first-order valence-corrected chi connectivity index (χ1v) is 34.0. The number of carbonyl (C=O) groups excluding carboxylic acids is 3. The van der Waals surface area contributed by atoms with Gasteiger partial charge >= 0.3 is 17.9 Å². The molecule has 0 saturated heterocycles. The van der Waals surface area contributed by atoms with E-state index in [0.29, 0.717) is 19.3 Å². The minimum absolute atomic E-state index is 0.107. The smallest absolute Gasteiger partial charge is 0.306 e. The van der Waals surface area contributed by atoms with E-state index in [4.69, 9.17) is 14.2 Å². The fourth-order valence-corrected chi connectivity index (χ4v) is 8.97. The van der Waals surface area contributed by atoms with Gasteiger partial charge in [0, 0.05) is 19.3 Å². The molecule has 0 aliphatic carbocycles. The fraction of sp³-hybridized carbons (Fsp3) is 0.623. The van der Waals surface area contributed by atoms with Gasteiger partial charge in [-0.3, -0.25) is 14.4 Å². The van der Waals surface area contributed by atoms with E-state index in [-0.39, 0.29) is 37.5 Å². The highest BCUT2D eigenvalue weighted by Crippen LogP contribution is 2.15. The number of ether oxygens (including phenoxy) is 3. The molecule has 0 rings (SSSR count). The highest BCUT2D eigenvalue weighted by atomic mass is 16.6. The Kier molecular flexibility index (Phi) is 65.4. The van der Waals surface area contributed by atoms with Crippen LogP contribution in [0, 0.1) is 0 Å². The van der Waals surface area contributed by atoms with Crippen molar-refractivity contribution in [2.24, 2.45) is 0 Å². The Labute approximate surface area is 511 Å². The molecular formula is C77H124O6. The molecule has 0 aromatic heterocycles. The molecule has 0 radical (unpaired) electrons. The molecule has 0 fully saturated rings. The van der Waals surface area contributed by atoms with Crippen LogP contribution in [0.3, 0.4) is 0 Å². The molecule has 0 bridgehead atoms. The zero-order valence-corrected chi connectivity index (χ0v) is 53.7. The SMILES string of the molecule is CC/C=C\C/C=C\C/C=C\C/C=C\C/C=C\C/C=C\CCCCC(=O)OC(COC(=O)CCCCCCCC/C=C\C/C=C\C/C=C\CCCCC)COC(=O)CCCCCCCCCCCCCC/C=C\C/C=C\C/C=C\C/C=C\CC. The number of esters is 3. The quantitative estimate of drug-likeness (QED) is 0.0261. The van der Waals surface area contributed by atoms with Crippen molar-refractivity contribution in [2.45, 2.75) is 297 Å². The van der Waals surface area contributed by atoms with Crippen LogP contribution in [-0.2, 0) is 28.6 Å². The molecule has 0 N–H and O–H groups in total. The minimum atomic E-state index is -0.817. The molecule has 468 valence electrons. The molecule has 0 aromatic rings. The number of rotatable bonds is 60. The van der Waals surface area contributed by atoms with Gasteiger partial charge in [-0.25, -0.2) is 0 Å². The van der Waals surface area contributed by atoms with Crippen LogP contribution in [0.15, 0.2) is 158 Å². The zero-order valence-electron chi connectivity index (χ0n) is 53.7. The summed E-state index contributed by atoms with van der Waals surface area (Å²) < 4.78 is 16.9. The first-order chi connectivity index (χ1) is 41.0. The van der Waals surface area contributed by atoms with Crippen molar-refractivity contribution < 1.29 is 28.6 Å². The average molecular weight is 1150 g/mol. The Hall–Kier alpha value is -4.97. The predicted molar refractivity (Wildman–Crippen MR) is 362 cm³/mol. The summed E-state index contributed by atoms with van der Waals surface area (Å²) in [6, 6.07) is 0. The summed E-state index contributed by atoms with van der Waals surface area (Å²) in [7, 11) is 0. The van der Waals surface area contributed by atoms with Crippen molar-refractivity contribution in [3.05, 3.63) is 158 Å². The lowest BCUT2D eigenvalue weighted by Gasteiger charge is -2.18. The molecule has 0 saturated carbocycles. The topological polar surface area (TPSA) is 78.9 Å². The Morgan fingerprint density at radius 1 is 0.253 bits per heavy atom. The standard InChI is InChI=1S/C77H124O6/c1-4-7-10-13-16-19-22-25-28-31-34-36-37-38-39-41-43-46-49-52-55-58-61-64-67-70-76(79)82-73-74(72-81-75(78)69-66-63-60-57-54-51-48-45-42-33-30-27-24-21-18-15-12-9-6-3)83-77(80)71-68-65-62-59-56-53-50-47-44-40-35-32-29-26-23-20-17-14-11-8-5-2/h7-8,10-11,16-21,25-30,34-36,40,42,45,47,50,56,59,74H,4-6,9,12-15,22-24,31-33,37-39,41,43-44,46,48-49,51-55,57-58,60-73H2,1-3H3/b10-7-,11-8-,19-16-,20-17-,21-18-,28-25-,29-26-,30-27-,36-34-,40-35-,45-42-,50-47-,59-56-. The summed E-state index contributed by atoms with van der Waals surface area (Å²) in [5.74, 6) is -0.963. The molecule has 6 heteroatoms. The third-order valence-electron chi connectivity index (χ3n) is 14.0. The van der Waals surface area contributed by atoms with Gasteiger partial charge in [0.05, 0.1) is 0 Å². The maximum Gasteiger partial charge on any atom is 0.306 e. The molecule has 1 atom stereocenters. The van der Waals surface area contributed by atoms with Crippen molar-refractivity contribution in [1.82, 2.24) is 0 Å². The first-order valence-electron chi connectivity index (χ1n) is 34.0. The van der Waals surface area contributed by atoms with Gasteiger partial charge in [0.2, 0.25) is 0 Å². The molecule has 0 spiro atoms. The monoisotopic (exact) mass is 1140 g/mol. The highest BCUT2D eigenvalue weighted by molar-refractivity contribution is 5.71. The highest BCUT2D eigenvalue weighted by Gasteiger charge is 2.19. The van der Waals surface area contributed by atoms with E-state index < -0.39 is 6.10 Å². The molecule has 6 nitrogen and oxygen atoms in total. The minimum Gasteiger partial charge on any atom is -0.462 e. The van der Waals surface area contributed by atoms with Crippen molar-refractivity contribution in [1.29, 1.82) is 0 Å². The third-order valence-corrected chi connectivity index (χ3v) is 14.0. The largest absolute Gasteiger partial charge is 0.462 e. The van der Waals surface area contributed by atoms with Crippen molar-refractivity contribution in [2.75, 3.05) is 13.2 Å². The summed E-state index contributed by atoms with van der Waals surface area (Å²) in [5.41, 5.74) is 0. The number of hydrogen-bond acceptors (Lipinski definition) is 6. The Bertz CT molecular complexity index is 1840. The van der Waals surface area contributed by atoms with E-state index in [1.807, 2.05) is 0 Å². The van der Waals surface area contributed by atoms with Crippen molar-refractivity contribution in [3.63, 3.8) is 0 Å². The third kappa shape index (κ3) is 67.7. The van der Waals surface area contributed by atoms with E-state index in [1.165, 1.54) is 103 Å². The maximum atomic E-state index is 12.9.